The predicted octanol–water partition coefficient (Wildman–Crippen LogP) is 4.49. The molecule has 0 radical (unpaired) electrons. The van der Waals surface area contributed by atoms with Gasteiger partial charge in [0.1, 0.15) is 30.8 Å². The van der Waals surface area contributed by atoms with Crippen LogP contribution >= 0.6 is 0 Å². The number of hydrogen-bond donors (Lipinski definition) is 1. The molecule has 0 heterocycles. The van der Waals surface area contributed by atoms with Gasteiger partial charge >= 0.3 is 0 Å². The number of hydrogen-bond acceptors (Lipinski definition) is 4. The fourth-order valence-corrected chi connectivity index (χ4v) is 2.65. The molecule has 1 amide bonds. The first-order chi connectivity index (χ1) is 14.1. The van der Waals surface area contributed by atoms with Gasteiger partial charge in [-0.05, 0) is 54.4 Å². The maximum absolute atomic E-state index is 12.0. The van der Waals surface area contributed by atoms with Crippen molar-refractivity contribution in [1.29, 1.82) is 5.26 Å². The van der Waals surface area contributed by atoms with Crippen molar-refractivity contribution >= 4 is 5.91 Å². The van der Waals surface area contributed by atoms with E-state index < -0.39 is 6.04 Å². The zero-order valence-corrected chi connectivity index (χ0v) is 16.2. The van der Waals surface area contributed by atoms with Gasteiger partial charge in [0.25, 0.3) is 5.91 Å². The van der Waals surface area contributed by atoms with Crippen LogP contribution in [0.4, 0.5) is 0 Å². The van der Waals surface area contributed by atoms with Crippen molar-refractivity contribution in [3.05, 3.63) is 95.6 Å². The minimum absolute atomic E-state index is 0.283. The average molecular weight is 386 g/mol. The highest BCUT2D eigenvalue weighted by molar-refractivity contribution is 5.94. The Labute approximate surface area is 170 Å². The Morgan fingerprint density at radius 2 is 1.55 bits per heavy atom. The second-order valence-corrected chi connectivity index (χ2v) is 6.56. The van der Waals surface area contributed by atoms with Gasteiger partial charge in [-0.2, -0.15) is 5.26 Å². The number of nitriles is 1. The van der Waals surface area contributed by atoms with Crippen molar-refractivity contribution in [2.75, 3.05) is 0 Å². The first-order valence-electron chi connectivity index (χ1n) is 9.33. The van der Waals surface area contributed by atoms with Crippen LogP contribution in [-0.4, -0.2) is 11.9 Å². The number of ether oxygens (including phenoxy) is 2. The zero-order chi connectivity index (χ0) is 20.5. The van der Waals surface area contributed by atoms with E-state index in [2.05, 4.69) is 5.32 Å². The van der Waals surface area contributed by atoms with E-state index in [1.807, 2.05) is 60.7 Å². The highest BCUT2D eigenvalue weighted by Gasteiger charge is 2.09. The second kappa shape index (κ2) is 9.95. The van der Waals surface area contributed by atoms with E-state index in [4.69, 9.17) is 14.7 Å². The Morgan fingerprint density at radius 3 is 2.28 bits per heavy atom. The standard InChI is InChI=1S/C24H22N2O3/c1-18(15-25)26-24(27)21-10-12-22(13-11-21)28-17-20-8-5-9-23(14-20)29-16-19-6-3-2-4-7-19/h2-14,18H,16-17H2,1H3,(H,26,27)/t18-/m0/s1. The summed E-state index contributed by atoms with van der Waals surface area (Å²) in [5.41, 5.74) is 2.58. The summed E-state index contributed by atoms with van der Waals surface area (Å²) in [6.07, 6.45) is 0. The number of amides is 1. The third-order valence-electron chi connectivity index (χ3n) is 4.21. The van der Waals surface area contributed by atoms with Gasteiger partial charge in [0, 0.05) is 5.56 Å². The van der Waals surface area contributed by atoms with Crippen molar-refractivity contribution in [2.45, 2.75) is 26.2 Å². The van der Waals surface area contributed by atoms with Crippen LogP contribution in [-0.2, 0) is 13.2 Å². The Morgan fingerprint density at radius 1 is 0.897 bits per heavy atom. The number of nitrogens with one attached hydrogen (secondary N) is 1. The number of rotatable bonds is 8. The van der Waals surface area contributed by atoms with Gasteiger partial charge in [0.2, 0.25) is 0 Å². The van der Waals surface area contributed by atoms with Gasteiger partial charge in [0.05, 0.1) is 6.07 Å². The molecule has 146 valence electrons. The lowest BCUT2D eigenvalue weighted by Gasteiger charge is -2.10. The zero-order valence-electron chi connectivity index (χ0n) is 16.2. The fraction of sp³-hybridized carbons (Fsp3) is 0.167. The van der Waals surface area contributed by atoms with E-state index in [1.54, 1.807) is 31.2 Å². The molecule has 0 spiro atoms. The molecule has 1 atom stereocenters. The van der Waals surface area contributed by atoms with Crippen LogP contribution in [0.2, 0.25) is 0 Å². The van der Waals surface area contributed by atoms with E-state index in [-0.39, 0.29) is 5.91 Å². The van der Waals surface area contributed by atoms with E-state index in [9.17, 15) is 4.79 Å². The van der Waals surface area contributed by atoms with E-state index in [0.29, 0.717) is 24.5 Å². The summed E-state index contributed by atoms with van der Waals surface area (Å²) in [6, 6.07) is 26.0. The van der Waals surface area contributed by atoms with E-state index >= 15 is 0 Å². The Balaban J connectivity index is 1.53. The summed E-state index contributed by atoms with van der Waals surface area (Å²) in [5, 5.41) is 11.4. The third kappa shape index (κ3) is 6.12. The molecule has 5 heteroatoms. The molecule has 3 aromatic rings. The molecular formula is C24H22N2O3. The Kier molecular flexibility index (Phi) is 6.85. The quantitative estimate of drug-likeness (QED) is 0.619. The van der Waals surface area contributed by atoms with Gasteiger partial charge in [0.15, 0.2) is 0 Å². The molecule has 0 aliphatic heterocycles. The molecule has 0 fully saturated rings. The van der Waals surface area contributed by atoms with Gasteiger partial charge in [-0.15, -0.1) is 0 Å². The normalized spacial score (nSPS) is 11.2. The smallest absolute Gasteiger partial charge is 0.252 e. The van der Waals surface area contributed by atoms with E-state index in [1.165, 1.54) is 0 Å². The second-order valence-electron chi connectivity index (χ2n) is 6.56. The molecule has 0 unspecified atom stereocenters. The molecule has 0 saturated carbocycles. The van der Waals surface area contributed by atoms with Crippen LogP contribution in [0, 0.1) is 11.3 Å². The SMILES string of the molecule is C[C@@H](C#N)NC(=O)c1ccc(OCc2cccc(OCc3ccccc3)c2)cc1. The molecule has 0 saturated heterocycles. The molecule has 3 rings (SSSR count). The predicted molar refractivity (Wildman–Crippen MR) is 111 cm³/mol. The number of carbonyl (C=O) groups is 1. The minimum Gasteiger partial charge on any atom is -0.489 e. The number of nitrogens with zero attached hydrogens (tertiary/aromatic N) is 1. The maximum Gasteiger partial charge on any atom is 0.252 e. The highest BCUT2D eigenvalue weighted by Crippen LogP contribution is 2.18. The Bertz CT molecular complexity index is 979. The third-order valence-corrected chi connectivity index (χ3v) is 4.21. The van der Waals surface area contributed by atoms with Gasteiger partial charge < -0.3 is 14.8 Å². The topological polar surface area (TPSA) is 71.4 Å². The van der Waals surface area contributed by atoms with Crippen molar-refractivity contribution < 1.29 is 14.3 Å². The van der Waals surface area contributed by atoms with Crippen LogP contribution in [0.5, 0.6) is 11.5 Å². The average Bonchev–Trinajstić information content (AvgIpc) is 2.77. The first kappa shape index (κ1) is 20.0. The van der Waals surface area contributed by atoms with E-state index in [0.717, 1.165) is 16.9 Å². The molecule has 0 aromatic heterocycles. The summed E-state index contributed by atoms with van der Waals surface area (Å²) in [6.45, 7) is 2.53. The van der Waals surface area contributed by atoms with Crippen LogP contribution in [0.1, 0.15) is 28.4 Å². The van der Waals surface area contributed by atoms with Gasteiger partial charge in [-0.1, -0.05) is 42.5 Å². The molecule has 1 N–H and O–H groups in total. The van der Waals surface area contributed by atoms with Crippen LogP contribution in [0.25, 0.3) is 0 Å². The molecule has 29 heavy (non-hydrogen) atoms. The lowest BCUT2D eigenvalue weighted by atomic mass is 10.2. The summed E-state index contributed by atoms with van der Waals surface area (Å²) in [5.74, 6) is 1.16. The lowest BCUT2D eigenvalue weighted by molar-refractivity contribution is 0.0947. The lowest BCUT2D eigenvalue weighted by Crippen LogP contribution is -2.31. The molecule has 3 aromatic carbocycles. The molecular weight excluding hydrogens is 364 g/mol. The first-order valence-corrected chi connectivity index (χ1v) is 9.33. The fourth-order valence-electron chi connectivity index (χ4n) is 2.65. The van der Waals surface area contributed by atoms with Crippen molar-refractivity contribution in [1.82, 2.24) is 5.32 Å². The monoisotopic (exact) mass is 386 g/mol. The molecule has 5 nitrogen and oxygen atoms in total. The number of carbonyl (C=O) groups excluding carboxylic acids is 1. The molecule has 0 aliphatic carbocycles. The van der Waals surface area contributed by atoms with Crippen molar-refractivity contribution in [3.8, 4) is 17.6 Å². The van der Waals surface area contributed by atoms with Crippen LogP contribution in [0.3, 0.4) is 0 Å². The minimum atomic E-state index is -0.533. The van der Waals surface area contributed by atoms with Crippen LogP contribution in [0.15, 0.2) is 78.9 Å². The summed E-state index contributed by atoms with van der Waals surface area (Å²) < 4.78 is 11.7. The van der Waals surface area contributed by atoms with Crippen LogP contribution < -0.4 is 14.8 Å². The van der Waals surface area contributed by atoms with Crippen molar-refractivity contribution in [2.24, 2.45) is 0 Å². The Hall–Kier alpha value is -3.78. The maximum atomic E-state index is 12.0. The van der Waals surface area contributed by atoms with Crippen molar-refractivity contribution in [3.63, 3.8) is 0 Å². The summed E-state index contributed by atoms with van der Waals surface area (Å²) in [7, 11) is 0. The summed E-state index contributed by atoms with van der Waals surface area (Å²) >= 11 is 0. The highest BCUT2D eigenvalue weighted by atomic mass is 16.5. The number of benzene rings is 3. The molecule has 0 aliphatic rings. The molecule has 0 bridgehead atoms. The largest absolute Gasteiger partial charge is 0.489 e. The summed E-state index contributed by atoms with van der Waals surface area (Å²) in [4.78, 5) is 12.0. The van der Waals surface area contributed by atoms with Gasteiger partial charge in [-0.25, -0.2) is 0 Å². The van der Waals surface area contributed by atoms with Gasteiger partial charge in [-0.3, -0.25) is 4.79 Å².